The molecule has 2 saturated heterocycles. The Morgan fingerprint density at radius 3 is 2.60 bits per heavy atom. The molecule has 1 aromatic heterocycles. The van der Waals surface area contributed by atoms with Crippen molar-refractivity contribution in [3.63, 3.8) is 0 Å². The number of hydrogen-bond acceptors (Lipinski definition) is 6. The third-order valence-corrected chi connectivity index (χ3v) is 5.40. The van der Waals surface area contributed by atoms with Gasteiger partial charge < -0.3 is 15.4 Å². The van der Waals surface area contributed by atoms with Gasteiger partial charge in [0.15, 0.2) is 5.13 Å². The number of anilines is 1. The van der Waals surface area contributed by atoms with E-state index in [1.54, 1.807) is 0 Å². The summed E-state index contributed by atoms with van der Waals surface area (Å²) in [5, 5.41) is 8.92. The van der Waals surface area contributed by atoms with Gasteiger partial charge in [0.05, 0.1) is 17.9 Å². The van der Waals surface area contributed by atoms with Crippen LogP contribution in [0.15, 0.2) is 5.38 Å². The zero-order valence-electron chi connectivity index (χ0n) is 14.9. The molecule has 3 rings (SSSR count). The molecule has 2 fully saturated rings. The van der Waals surface area contributed by atoms with Gasteiger partial charge in [0.2, 0.25) is 5.91 Å². The Morgan fingerprint density at radius 1 is 1.40 bits per heavy atom. The van der Waals surface area contributed by atoms with Crippen LogP contribution < -0.4 is 10.6 Å². The molecule has 1 aromatic rings. The van der Waals surface area contributed by atoms with E-state index >= 15 is 0 Å². The maximum Gasteiger partial charge on any atom is 0.229 e. The second-order valence-electron chi connectivity index (χ2n) is 6.79. The van der Waals surface area contributed by atoms with Gasteiger partial charge in [0.1, 0.15) is 0 Å². The van der Waals surface area contributed by atoms with Gasteiger partial charge in [0.25, 0.3) is 0 Å². The molecule has 6 nitrogen and oxygen atoms in total. The van der Waals surface area contributed by atoms with Gasteiger partial charge in [-0.25, -0.2) is 4.98 Å². The number of rotatable bonds is 5. The molecule has 3 atom stereocenters. The number of amides is 1. The fraction of sp³-hybridized carbons (Fsp3) is 0.750. The Balaban J connectivity index is 0.00000156. The molecule has 0 aromatic carbocycles. The number of carbonyl (C=O) groups excluding carboxylic acids is 1. The fourth-order valence-corrected chi connectivity index (χ4v) is 3.88. The van der Waals surface area contributed by atoms with Crippen LogP contribution in [0.5, 0.6) is 0 Å². The van der Waals surface area contributed by atoms with Crippen LogP contribution in [0.3, 0.4) is 0 Å². The Morgan fingerprint density at radius 2 is 2.04 bits per heavy atom. The molecular formula is C16H28Cl2N4O2S. The first-order valence-electron chi connectivity index (χ1n) is 8.35. The van der Waals surface area contributed by atoms with Crippen molar-refractivity contribution in [3.8, 4) is 0 Å². The molecule has 0 saturated carbocycles. The Hall–Kier alpha value is -0.440. The summed E-state index contributed by atoms with van der Waals surface area (Å²) in [6.07, 6.45) is 0.516. The lowest BCUT2D eigenvalue weighted by Gasteiger charge is -2.34. The summed E-state index contributed by atoms with van der Waals surface area (Å²) in [4.78, 5) is 19.2. The lowest BCUT2D eigenvalue weighted by molar-refractivity contribution is -0.121. The molecule has 0 spiro atoms. The van der Waals surface area contributed by atoms with Crippen LogP contribution in [-0.4, -0.2) is 54.2 Å². The van der Waals surface area contributed by atoms with E-state index in [0.29, 0.717) is 11.0 Å². The van der Waals surface area contributed by atoms with Crippen molar-refractivity contribution in [2.24, 2.45) is 11.8 Å². The van der Waals surface area contributed by atoms with Crippen molar-refractivity contribution in [2.75, 3.05) is 31.5 Å². The lowest BCUT2D eigenvalue weighted by Crippen LogP contribution is -2.48. The van der Waals surface area contributed by atoms with E-state index in [-0.39, 0.29) is 48.8 Å². The van der Waals surface area contributed by atoms with Gasteiger partial charge in [-0.15, -0.1) is 36.2 Å². The van der Waals surface area contributed by atoms with Crippen LogP contribution >= 0.6 is 36.2 Å². The summed E-state index contributed by atoms with van der Waals surface area (Å²) < 4.78 is 5.76. The van der Waals surface area contributed by atoms with E-state index in [2.05, 4.69) is 34.4 Å². The molecule has 0 bridgehead atoms. The van der Waals surface area contributed by atoms with Crippen LogP contribution in [0, 0.1) is 11.8 Å². The van der Waals surface area contributed by atoms with Gasteiger partial charge in [-0.05, 0) is 32.9 Å². The highest BCUT2D eigenvalue weighted by Crippen LogP contribution is 2.22. The van der Waals surface area contributed by atoms with Crippen LogP contribution in [0.25, 0.3) is 0 Å². The topological polar surface area (TPSA) is 66.5 Å². The Labute approximate surface area is 165 Å². The minimum atomic E-state index is 0. The third-order valence-electron chi connectivity index (χ3n) is 4.60. The van der Waals surface area contributed by atoms with Crippen molar-refractivity contribution < 1.29 is 9.53 Å². The van der Waals surface area contributed by atoms with E-state index in [1.807, 2.05) is 12.3 Å². The highest BCUT2D eigenvalue weighted by Gasteiger charge is 2.29. The fourth-order valence-electron chi connectivity index (χ4n) is 3.18. The summed E-state index contributed by atoms with van der Waals surface area (Å²) in [6, 6.07) is 0. The van der Waals surface area contributed by atoms with Crippen molar-refractivity contribution >= 4 is 47.2 Å². The van der Waals surface area contributed by atoms with Crippen molar-refractivity contribution in [2.45, 2.75) is 39.5 Å². The minimum absolute atomic E-state index is 0. The number of halogens is 2. The van der Waals surface area contributed by atoms with Crippen molar-refractivity contribution in [3.05, 3.63) is 11.1 Å². The zero-order valence-corrected chi connectivity index (χ0v) is 17.3. The van der Waals surface area contributed by atoms with Gasteiger partial charge >= 0.3 is 0 Å². The van der Waals surface area contributed by atoms with Crippen molar-refractivity contribution in [1.82, 2.24) is 15.2 Å². The van der Waals surface area contributed by atoms with Crippen LogP contribution in [0.1, 0.15) is 26.5 Å². The number of morpholine rings is 1. The van der Waals surface area contributed by atoms with Gasteiger partial charge in [-0.1, -0.05) is 6.92 Å². The minimum Gasteiger partial charge on any atom is -0.373 e. The number of nitrogens with zero attached hydrogens (tertiary/aromatic N) is 2. The van der Waals surface area contributed by atoms with Gasteiger partial charge in [0, 0.05) is 30.9 Å². The maximum atomic E-state index is 12.2. The molecule has 144 valence electrons. The highest BCUT2D eigenvalue weighted by molar-refractivity contribution is 7.13. The molecule has 2 aliphatic rings. The second kappa shape index (κ2) is 10.0. The van der Waals surface area contributed by atoms with E-state index < -0.39 is 0 Å². The monoisotopic (exact) mass is 410 g/mol. The molecule has 0 radical (unpaired) electrons. The predicted octanol–water partition coefficient (Wildman–Crippen LogP) is 2.39. The third kappa shape index (κ3) is 6.05. The van der Waals surface area contributed by atoms with Crippen LogP contribution in [0.4, 0.5) is 5.13 Å². The standard InChI is InChI=1S/C16H26N4O2S.2ClH/c1-10-6-20(7-11(2)22-10)8-14-9-23-16(18-14)19-15(21)12(3)13-4-17-5-13;;/h9-13,17H,4-8H2,1-3H3,(H,18,19,21);2*1H. The van der Waals surface area contributed by atoms with E-state index in [4.69, 9.17) is 4.74 Å². The van der Waals surface area contributed by atoms with Crippen LogP contribution in [-0.2, 0) is 16.1 Å². The summed E-state index contributed by atoms with van der Waals surface area (Å²) in [5.41, 5.74) is 1.02. The lowest BCUT2D eigenvalue weighted by atomic mass is 9.88. The van der Waals surface area contributed by atoms with E-state index in [0.717, 1.165) is 38.4 Å². The summed E-state index contributed by atoms with van der Waals surface area (Å²) in [6.45, 7) is 10.7. The first-order chi connectivity index (χ1) is 11.0. The van der Waals surface area contributed by atoms with Gasteiger partial charge in [-0.3, -0.25) is 9.69 Å². The summed E-state index contributed by atoms with van der Waals surface area (Å²) in [7, 11) is 0. The SMILES string of the molecule is CC1CN(Cc2csc(NC(=O)C(C)C3CNC3)n2)CC(C)O1.Cl.Cl. The average Bonchev–Trinajstić information content (AvgIpc) is 2.82. The normalized spacial score (nSPS) is 25.2. The molecule has 3 heterocycles. The maximum absolute atomic E-state index is 12.2. The Kier molecular flexibility index (Phi) is 9.08. The molecule has 9 heteroatoms. The number of hydrogen-bond donors (Lipinski definition) is 2. The molecule has 2 aliphatic heterocycles. The number of nitrogens with one attached hydrogen (secondary N) is 2. The van der Waals surface area contributed by atoms with Crippen molar-refractivity contribution in [1.29, 1.82) is 0 Å². The Bertz CT molecular complexity index is 546. The molecule has 3 unspecified atom stereocenters. The highest BCUT2D eigenvalue weighted by atomic mass is 35.5. The summed E-state index contributed by atoms with van der Waals surface area (Å²) >= 11 is 1.51. The van der Waals surface area contributed by atoms with Crippen LogP contribution in [0.2, 0.25) is 0 Å². The average molecular weight is 411 g/mol. The van der Waals surface area contributed by atoms with E-state index in [9.17, 15) is 4.79 Å². The first-order valence-corrected chi connectivity index (χ1v) is 9.23. The predicted molar refractivity (Wildman–Crippen MR) is 106 cm³/mol. The summed E-state index contributed by atoms with van der Waals surface area (Å²) in [5.74, 6) is 0.557. The number of aromatic nitrogens is 1. The molecule has 0 aliphatic carbocycles. The quantitative estimate of drug-likeness (QED) is 0.779. The molecular weight excluding hydrogens is 383 g/mol. The largest absolute Gasteiger partial charge is 0.373 e. The molecule has 2 N–H and O–H groups in total. The molecule has 25 heavy (non-hydrogen) atoms. The second-order valence-corrected chi connectivity index (χ2v) is 7.65. The number of ether oxygens (including phenoxy) is 1. The van der Waals surface area contributed by atoms with Gasteiger partial charge in [-0.2, -0.15) is 0 Å². The zero-order chi connectivity index (χ0) is 16.4. The van der Waals surface area contributed by atoms with E-state index in [1.165, 1.54) is 11.3 Å². The number of thiazole rings is 1. The first kappa shape index (κ1) is 22.6. The smallest absolute Gasteiger partial charge is 0.229 e. The number of carbonyl (C=O) groups is 1. The molecule has 1 amide bonds.